The lowest BCUT2D eigenvalue weighted by atomic mass is 10.2. The van der Waals surface area contributed by atoms with Crippen LogP contribution in [0.1, 0.15) is 28.1 Å². The van der Waals surface area contributed by atoms with E-state index in [9.17, 15) is 0 Å². The van der Waals surface area contributed by atoms with Crippen LogP contribution in [0.25, 0.3) is 0 Å². The second kappa shape index (κ2) is 10.7. The van der Waals surface area contributed by atoms with Crippen LogP contribution < -0.4 is 15.5 Å². The number of nitrogens with one attached hydrogen (secondary N) is 2. The highest BCUT2D eigenvalue weighted by Crippen LogP contribution is 2.18. The van der Waals surface area contributed by atoms with Gasteiger partial charge in [0.1, 0.15) is 0 Å². The maximum atomic E-state index is 4.72. The van der Waals surface area contributed by atoms with Crippen molar-refractivity contribution < 1.29 is 0 Å². The van der Waals surface area contributed by atoms with E-state index in [1.165, 1.54) is 16.1 Å². The molecule has 0 saturated heterocycles. The fraction of sp³-hybridized carbons (Fsp3) is 0.400. The van der Waals surface area contributed by atoms with Crippen molar-refractivity contribution in [1.29, 1.82) is 0 Å². The molecule has 0 atom stereocenters. The summed E-state index contributed by atoms with van der Waals surface area (Å²) in [6, 6.07) is 8.69. The van der Waals surface area contributed by atoms with Crippen molar-refractivity contribution in [2.24, 2.45) is 4.99 Å². The summed E-state index contributed by atoms with van der Waals surface area (Å²) >= 11 is 1.74. The number of aryl methyl sites for hydroxylation is 2. The van der Waals surface area contributed by atoms with Crippen molar-refractivity contribution in [1.82, 2.24) is 15.6 Å². The number of halogens is 1. The van der Waals surface area contributed by atoms with Crippen LogP contribution in [0.4, 0.5) is 5.69 Å². The minimum Gasteiger partial charge on any atom is -0.364 e. The van der Waals surface area contributed by atoms with Gasteiger partial charge in [-0.25, -0.2) is 9.98 Å². The van der Waals surface area contributed by atoms with E-state index in [0.717, 1.165) is 42.8 Å². The second-order valence-corrected chi connectivity index (χ2v) is 7.62. The van der Waals surface area contributed by atoms with E-state index in [0.29, 0.717) is 6.54 Å². The zero-order chi connectivity index (χ0) is 18.4. The van der Waals surface area contributed by atoms with Gasteiger partial charge in [0.25, 0.3) is 0 Å². The monoisotopic (exact) mass is 497 g/mol. The highest BCUT2D eigenvalue weighted by Gasteiger charge is 2.08. The highest BCUT2D eigenvalue weighted by molar-refractivity contribution is 14.0. The molecule has 1 aromatic heterocycles. The zero-order valence-electron chi connectivity index (χ0n) is 16.2. The molecule has 7 heteroatoms. The van der Waals surface area contributed by atoms with Crippen molar-refractivity contribution in [3.63, 3.8) is 0 Å². The van der Waals surface area contributed by atoms with Gasteiger partial charge in [-0.1, -0.05) is 24.3 Å². The number of aliphatic imine (C=N–C) groups is 1. The lowest BCUT2D eigenvalue weighted by molar-refractivity contribution is 0.818. The van der Waals surface area contributed by atoms with Gasteiger partial charge in [-0.2, -0.15) is 0 Å². The van der Waals surface area contributed by atoms with Gasteiger partial charge >= 0.3 is 0 Å². The molecule has 1 aliphatic heterocycles. The SMILES string of the molecule is CCNC(=NCc1ccc(N2CC=CC2)cc1)NCc1sc(C)nc1C.I. The molecule has 1 aromatic carbocycles. The molecule has 0 aliphatic carbocycles. The third kappa shape index (κ3) is 6.21. The average molecular weight is 497 g/mol. The summed E-state index contributed by atoms with van der Waals surface area (Å²) in [5, 5.41) is 7.83. The van der Waals surface area contributed by atoms with Crippen LogP contribution in [-0.2, 0) is 13.1 Å². The van der Waals surface area contributed by atoms with E-state index in [1.807, 2.05) is 6.92 Å². The fourth-order valence-corrected chi connectivity index (χ4v) is 3.79. The number of nitrogens with zero attached hydrogens (tertiary/aromatic N) is 3. The third-order valence-electron chi connectivity index (χ3n) is 4.30. The van der Waals surface area contributed by atoms with Crippen molar-refractivity contribution >= 4 is 47.0 Å². The van der Waals surface area contributed by atoms with Crippen LogP contribution in [0.2, 0.25) is 0 Å². The molecule has 0 amide bonds. The molecule has 1 aliphatic rings. The molecule has 0 radical (unpaired) electrons. The second-order valence-electron chi connectivity index (χ2n) is 6.33. The van der Waals surface area contributed by atoms with E-state index in [4.69, 9.17) is 4.99 Å². The number of rotatable bonds is 6. The molecule has 0 saturated carbocycles. The summed E-state index contributed by atoms with van der Waals surface area (Å²) in [4.78, 5) is 12.8. The van der Waals surface area contributed by atoms with Gasteiger partial charge < -0.3 is 15.5 Å². The Morgan fingerprint density at radius 3 is 2.44 bits per heavy atom. The number of thiazole rings is 1. The Morgan fingerprint density at radius 1 is 1.15 bits per heavy atom. The Balaban J connectivity index is 0.00000261. The quantitative estimate of drug-likeness (QED) is 0.274. The first-order valence-electron chi connectivity index (χ1n) is 9.09. The maximum Gasteiger partial charge on any atom is 0.191 e. The summed E-state index contributed by atoms with van der Waals surface area (Å²) in [6.45, 7) is 10.4. The van der Waals surface area contributed by atoms with E-state index < -0.39 is 0 Å². The summed E-state index contributed by atoms with van der Waals surface area (Å²) in [5.74, 6) is 0.839. The van der Waals surface area contributed by atoms with Crippen LogP contribution in [0.15, 0.2) is 41.4 Å². The molecule has 2 aromatic rings. The number of hydrogen-bond donors (Lipinski definition) is 2. The largest absolute Gasteiger partial charge is 0.364 e. The normalized spacial score (nSPS) is 13.6. The Morgan fingerprint density at radius 2 is 1.85 bits per heavy atom. The number of guanidine groups is 1. The number of aromatic nitrogens is 1. The summed E-state index contributed by atoms with van der Waals surface area (Å²) in [7, 11) is 0. The fourth-order valence-electron chi connectivity index (χ4n) is 2.91. The molecule has 3 rings (SSSR count). The number of anilines is 1. The first-order valence-corrected chi connectivity index (χ1v) is 9.91. The molecule has 2 N–H and O–H groups in total. The Bertz CT molecular complexity index is 774. The zero-order valence-corrected chi connectivity index (χ0v) is 19.3. The minimum absolute atomic E-state index is 0. The van der Waals surface area contributed by atoms with E-state index in [2.05, 4.69) is 70.8 Å². The highest BCUT2D eigenvalue weighted by atomic mass is 127. The van der Waals surface area contributed by atoms with Crippen molar-refractivity contribution in [3.05, 3.63) is 57.6 Å². The van der Waals surface area contributed by atoms with Gasteiger partial charge in [0.2, 0.25) is 0 Å². The van der Waals surface area contributed by atoms with Crippen LogP contribution in [0.3, 0.4) is 0 Å². The summed E-state index contributed by atoms with van der Waals surface area (Å²) in [6.07, 6.45) is 4.41. The predicted molar refractivity (Wildman–Crippen MR) is 126 cm³/mol. The Hall–Kier alpha value is -1.61. The van der Waals surface area contributed by atoms with Crippen LogP contribution >= 0.6 is 35.3 Å². The lowest BCUT2D eigenvalue weighted by Gasteiger charge is -2.17. The molecule has 0 spiro atoms. The lowest BCUT2D eigenvalue weighted by Crippen LogP contribution is -2.36. The molecule has 27 heavy (non-hydrogen) atoms. The topological polar surface area (TPSA) is 52.6 Å². The number of hydrogen-bond acceptors (Lipinski definition) is 4. The average Bonchev–Trinajstić information content (AvgIpc) is 3.27. The molecule has 0 bridgehead atoms. The summed E-state index contributed by atoms with van der Waals surface area (Å²) < 4.78 is 0. The standard InChI is InChI=1S/C20H27N5S.HI/c1-4-21-20(23-14-19-15(2)24-16(3)26-19)22-13-17-7-9-18(10-8-17)25-11-5-6-12-25;/h5-10H,4,11-14H2,1-3H3,(H2,21,22,23);1H. The van der Waals surface area contributed by atoms with Gasteiger partial charge in [-0.15, -0.1) is 35.3 Å². The third-order valence-corrected chi connectivity index (χ3v) is 5.37. The molecule has 146 valence electrons. The van der Waals surface area contributed by atoms with E-state index >= 15 is 0 Å². The molecular formula is C20H28IN5S. The van der Waals surface area contributed by atoms with Crippen LogP contribution in [0, 0.1) is 13.8 Å². The van der Waals surface area contributed by atoms with E-state index in [1.54, 1.807) is 11.3 Å². The molecule has 0 fully saturated rings. The number of benzene rings is 1. The van der Waals surface area contributed by atoms with Crippen molar-refractivity contribution in [3.8, 4) is 0 Å². The van der Waals surface area contributed by atoms with Gasteiger partial charge in [0.05, 0.1) is 23.8 Å². The molecular weight excluding hydrogens is 469 g/mol. The van der Waals surface area contributed by atoms with Crippen molar-refractivity contribution in [2.45, 2.75) is 33.9 Å². The van der Waals surface area contributed by atoms with Crippen molar-refractivity contribution in [2.75, 3.05) is 24.5 Å². The first-order chi connectivity index (χ1) is 12.7. The predicted octanol–water partition coefficient (Wildman–Crippen LogP) is 4.01. The van der Waals surface area contributed by atoms with E-state index in [-0.39, 0.29) is 24.0 Å². The van der Waals surface area contributed by atoms with Crippen LogP contribution in [0.5, 0.6) is 0 Å². The molecule has 0 unspecified atom stereocenters. The van der Waals surface area contributed by atoms with Gasteiger partial charge in [-0.05, 0) is 38.5 Å². The smallest absolute Gasteiger partial charge is 0.191 e. The molecule has 2 heterocycles. The maximum absolute atomic E-state index is 4.72. The first kappa shape index (κ1) is 21.7. The molecule has 5 nitrogen and oxygen atoms in total. The Labute approximate surface area is 183 Å². The minimum atomic E-state index is 0. The van der Waals surface area contributed by atoms with Crippen LogP contribution in [-0.4, -0.2) is 30.6 Å². The van der Waals surface area contributed by atoms with Gasteiger partial charge in [0, 0.05) is 30.2 Å². The van der Waals surface area contributed by atoms with Gasteiger partial charge in [-0.3, -0.25) is 0 Å². The van der Waals surface area contributed by atoms with Gasteiger partial charge in [0.15, 0.2) is 5.96 Å². The Kier molecular flexibility index (Phi) is 8.56. The summed E-state index contributed by atoms with van der Waals surface area (Å²) in [5.41, 5.74) is 3.58.